The standard InChI is InChI=1S/C8H5NO4S/c10-7-4-1-2-14-6(4)3-5(8(7)11)9(12)13/h1-3,10-11H. The number of hydrogen-bond donors (Lipinski definition) is 2. The number of fused-ring (bicyclic) bond motifs is 1. The highest BCUT2D eigenvalue weighted by Gasteiger charge is 2.20. The van der Waals surface area contributed by atoms with Crippen LogP contribution in [0.5, 0.6) is 11.5 Å². The number of hydrogen-bond acceptors (Lipinski definition) is 5. The third-order valence-electron chi connectivity index (χ3n) is 1.88. The second kappa shape index (κ2) is 2.85. The van der Waals surface area contributed by atoms with Gasteiger partial charge in [0.25, 0.3) is 0 Å². The fraction of sp³-hybridized carbons (Fsp3) is 0. The van der Waals surface area contributed by atoms with Crippen molar-refractivity contribution in [3.8, 4) is 11.5 Å². The molecule has 0 amide bonds. The van der Waals surface area contributed by atoms with Gasteiger partial charge in [-0.3, -0.25) is 10.1 Å². The zero-order chi connectivity index (χ0) is 10.3. The van der Waals surface area contributed by atoms with Crippen LogP contribution < -0.4 is 0 Å². The Balaban J connectivity index is 2.87. The van der Waals surface area contributed by atoms with Crippen molar-refractivity contribution in [1.29, 1.82) is 0 Å². The molecule has 0 bridgehead atoms. The van der Waals surface area contributed by atoms with Gasteiger partial charge in [0.05, 0.1) is 4.92 Å². The Labute approximate surface area is 82.0 Å². The predicted molar refractivity (Wildman–Crippen MR) is 51.8 cm³/mol. The third-order valence-corrected chi connectivity index (χ3v) is 2.75. The number of phenolic OH excluding ortho intramolecular Hbond substituents is 2. The van der Waals surface area contributed by atoms with Gasteiger partial charge in [0.2, 0.25) is 5.75 Å². The SMILES string of the molecule is O=[N+]([O-])c1cc2sccc2c(O)c1O. The predicted octanol–water partition coefficient (Wildman–Crippen LogP) is 2.22. The molecule has 0 fully saturated rings. The van der Waals surface area contributed by atoms with E-state index >= 15 is 0 Å². The van der Waals surface area contributed by atoms with Crippen molar-refractivity contribution >= 4 is 27.1 Å². The van der Waals surface area contributed by atoms with Gasteiger partial charge in [0, 0.05) is 16.2 Å². The molecule has 6 heteroatoms. The molecule has 0 radical (unpaired) electrons. The fourth-order valence-corrected chi connectivity index (χ4v) is 2.03. The Kier molecular flexibility index (Phi) is 1.78. The summed E-state index contributed by atoms with van der Waals surface area (Å²) in [7, 11) is 0. The lowest BCUT2D eigenvalue weighted by Crippen LogP contribution is -1.88. The summed E-state index contributed by atoms with van der Waals surface area (Å²) in [6.07, 6.45) is 0. The summed E-state index contributed by atoms with van der Waals surface area (Å²) in [5.41, 5.74) is -0.475. The van der Waals surface area contributed by atoms with Crippen molar-refractivity contribution in [3.05, 3.63) is 27.6 Å². The lowest BCUT2D eigenvalue weighted by atomic mass is 10.2. The summed E-state index contributed by atoms with van der Waals surface area (Å²) >= 11 is 1.27. The van der Waals surface area contributed by atoms with E-state index in [4.69, 9.17) is 0 Å². The van der Waals surface area contributed by atoms with E-state index in [1.165, 1.54) is 17.4 Å². The van der Waals surface area contributed by atoms with Crippen molar-refractivity contribution in [1.82, 2.24) is 0 Å². The molecule has 0 aliphatic heterocycles. The first kappa shape index (κ1) is 8.76. The van der Waals surface area contributed by atoms with Crippen molar-refractivity contribution in [2.75, 3.05) is 0 Å². The molecule has 0 aliphatic rings. The number of aromatic hydroxyl groups is 2. The average Bonchev–Trinajstić information content (AvgIpc) is 2.58. The van der Waals surface area contributed by atoms with Crippen LogP contribution in [0.3, 0.4) is 0 Å². The molecular weight excluding hydrogens is 206 g/mol. The maximum Gasteiger partial charge on any atom is 0.316 e. The van der Waals surface area contributed by atoms with Crippen LogP contribution in [-0.4, -0.2) is 15.1 Å². The molecule has 2 aromatic rings. The van der Waals surface area contributed by atoms with E-state index in [2.05, 4.69) is 0 Å². The van der Waals surface area contributed by atoms with Crippen LogP contribution >= 0.6 is 11.3 Å². The molecule has 1 heterocycles. The molecule has 0 unspecified atom stereocenters. The maximum atomic E-state index is 10.5. The highest BCUT2D eigenvalue weighted by Crippen LogP contribution is 2.42. The number of nitro benzene ring substituents is 1. The molecule has 0 atom stereocenters. The Morgan fingerprint density at radius 2 is 2.07 bits per heavy atom. The number of benzene rings is 1. The molecule has 5 nitrogen and oxygen atoms in total. The van der Waals surface area contributed by atoms with Crippen LogP contribution in [0.2, 0.25) is 0 Å². The van der Waals surface area contributed by atoms with Gasteiger partial charge >= 0.3 is 5.69 Å². The maximum absolute atomic E-state index is 10.5. The molecule has 2 rings (SSSR count). The minimum Gasteiger partial charge on any atom is -0.504 e. The van der Waals surface area contributed by atoms with E-state index in [-0.39, 0.29) is 0 Å². The molecule has 0 aliphatic carbocycles. The summed E-state index contributed by atoms with van der Waals surface area (Å²) < 4.78 is 0.576. The average molecular weight is 211 g/mol. The number of phenols is 2. The lowest BCUT2D eigenvalue weighted by Gasteiger charge is -1.99. The minimum atomic E-state index is -0.728. The second-order valence-corrected chi connectivity index (χ2v) is 3.63. The van der Waals surface area contributed by atoms with Crippen molar-refractivity contribution < 1.29 is 15.1 Å². The molecule has 0 saturated heterocycles. The molecule has 2 N–H and O–H groups in total. The molecule has 72 valence electrons. The summed E-state index contributed by atoms with van der Waals surface area (Å²) in [5, 5.41) is 31.3. The van der Waals surface area contributed by atoms with Gasteiger partial charge in [0.15, 0.2) is 5.75 Å². The molecule has 0 spiro atoms. The monoisotopic (exact) mass is 211 g/mol. The second-order valence-electron chi connectivity index (χ2n) is 2.68. The van der Waals surface area contributed by atoms with Crippen molar-refractivity contribution in [2.45, 2.75) is 0 Å². The molecule has 0 saturated carbocycles. The fourth-order valence-electron chi connectivity index (χ4n) is 1.21. The summed E-state index contributed by atoms with van der Waals surface area (Å²) in [4.78, 5) is 9.75. The van der Waals surface area contributed by atoms with Gasteiger partial charge in [-0.2, -0.15) is 0 Å². The number of thiophene rings is 1. The normalized spacial score (nSPS) is 10.6. The number of nitro groups is 1. The van der Waals surface area contributed by atoms with Crippen molar-refractivity contribution in [2.24, 2.45) is 0 Å². The van der Waals surface area contributed by atoms with Gasteiger partial charge in [-0.15, -0.1) is 11.3 Å². The van der Waals surface area contributed by atoms with Crippen LogP contribution in [-0.2, 0) is 0 Å². The highest BCUT2D eigenvalue weighted by atomic mass is 32.1. The van der Waals surface area contributed by atoms with E-state index in [1.807, 2.05) is 0 Å². The van der Waals surface area contributed by atoms with Gasteiger partial charge in [0.1, 0.15) is 0 Å². The van der Waals surface area contributed by atoms with Crippen LogP contribution in [0.25, 0.3) is 10.1 Å². The van der Waals surface area contributed by atoms with Gasteiger partial charge < -0.3 is 10.2 Å². The third kappa shape index (κ3) is 1.08. The van der Waals surface area contributed by atoms with Crippen LogP contribution in [0.4, 0.5) is 5.69 Å². The first-order valence-electron chi connectivity index (χ1n) is 3.68. The summed E-state index contributed by atoms with van der Waals surface area (Å²) in [6.45, 7) is 0. The topological polar surface area (TPSA) is 83.6 Å². The van der Waals surface area contributed by atoms with E-state index < -0.39 is 22.1 Å². The van der Waals surface area contributed by atoms with E-state index in [1.54, 1.807) is 11.4 Å². The van der Waals surface area contributed by atoms with E-state index in [0.29, 0.717) is 10.1 Å². The number of nitrogens with zero attached hydrogens (tertiary/aromatic N) is 1. The Morgan fingerprint density at radius 3 is 2.71 bits per heavy atom. The Bertz CT molecular complexity index is 519. The zero-order valence-corrected chi connectivity index (χ0v) is 7.61. The highest BCUT2D eigenvalue weighted by molar-refractivity contribution is 7.17. The molecular formula is C8H5NO4S. The Hall–Kier alpha value is -1.82. The molecule has 1 aromatic heterocycles. The van der Waals surface area contributed by atoms with Crippen LogP contribution in [0.1, 0.15) is 0 Å². The molecule has 14 heavy (non-hydrogen) atoms. The summed E-state index contributed by atoms with van der Waals surface area (Å²) in [6, 6.07) is 2.84. The van der Waals surface area contributed by atoms with Crippen LogP contribution in [0, 0.1) is 10.1 Å². The van der Waals surface area contributed by atoms with Crippen molar-refractivity contribution in [3.63, 3.8) is 0 Å². The first-order chi connectivity index (χ1) is 6.61. The Morgan fingerprint density at radius 1 is 1.36 bits per heavy atom. The smallest absolute Gasteiger partial charge is 0.316 e. The van der Waals surface area contributed by atoms with Crippen LogP contribution in [0.15, 0.2) is 17.5 Å². The van der Waals surface area contributed by atoms with Gasteiger partial charge in [-0.25, -0.2) is 0 Å². The number of rotatable bonds is 1. The van der Waals surface area contributed by atoms with Gasteiger partial charge in [-0.1, -0.05) is 0 Å². The first-order valence-corrected chi connectivity index (χ1v) is 4.55. The minimum absolute atomic E-state index is 0.429. The zero-order valence-electron chi connectivity index (χ0n) is 6.80. The quantitative estimate of drug-likeness (QED) is 0.430. The summed E-state index contributed by atoms with van der Waals surface area (Å²) in [5.74, 6) is -1.11. The molecule has 1 aromatic carbocycles. The van der Waals surface area contributed by atoms with Gasteiger partial charge in [-0.05, 0) is 11.4 Å². The van der Waals surface area contributed by atoms with E-state index in [9.17, 15) is 20.3 Å². The van der Waals surface area contributed by atoms with E-state index in [0.717, 1.165) is 0 Å². The lowest BCUT2D eigenvalue weighted by molar-refractivity contribution is -0.385. The largest absolute Gasteiger partial charge is 0.504 e.